The van der Waals surface area contributed by atoms with Gasteiger partial charge in [0.25, 0.3) is 11.8 Å². The van der Waals surface area contributed by atoms with Crippen molar-refractivity contribution in [3.63, 3.8) is 0 Å². The van der Waals surface area contributed by atoms with Crippen molar-refractivity contribution in [1.82, 2.24) is 10.6 Å². The summed E-state index contributed by atoms with van der Waals surface area (Å²) in [6.45, 7) is 5.49. The highest BCUT2D eigenvalue weighted by Gasteiger charge is 2.13. The lowest BCUT2D eigenvalue weighted by molar-refractivity contribution is 0.0525. The minimum absolute atomic E-state index is 0.101. The maximum atomic E-state index is 13.1. The monoisotopic (exact) mass is 700 g/mol. The second kappa shape index (κ2) is 23.4. The highest BCUT2D eigenvalue weighted by atomic mass is 16.5. The number of nitrogens with one attached hydrogen (secondary N) is 2. The van der Waals surface area contributed by atoms with E-state index in [-0.39, 0.29) is 17.8 Å². The smallest absolute Gasteiger partial charge is 0.338 e. The number of rotatable bonds is 24. The van der Waals surface area contributed by atoms with Gasteiger partial charge in [0.1, 0.15) is 0 Å². The zero-order valence-electron chi connectivity index (χ0n) is 30.6. The minimum Gasteiger partial charge on any atom is -0.462 e. The van der Waals surface area contributed by atoms with Crippen LogP contribution < -0.4 is 33.6 Å². The molecule has 0 aliphatic heterocycles. The lowest BCUT2D eigenvalue weighted by Crippen LogP contribution is -2.25. The van der Waals surface area contributed by atoms with E-state index in [0.29, 0.717) is 88.2 Å². The molecule has 0 radical (unpaired) electrons. The predicted octanol–water partition coefficient (Wildman–Crippen LogP) is 4.15. The Labute approximate surface area is 304 Å². The van der Waals surface area contributed by atoms with Crippen LogP contribution in [0.25, 0.3) is 0 Å². The van der Waals surface area contributed by atoms with Crippen LogP contribution in [0.15, 0.2) is 54.6 Å². The molecule has 51 heavy (non-hydrogen) atoms. The fourth-order valence-corrected chi connectivity index (χ4v) is 6.17. The summed E-state index contributed by atoms with van der Waals surface area (Å²) in [6, 6.07) is 18.0. The van der Waals surface area contributed by atoms with Crippen LogP contribution in [0.2, 0.25) is 0 Å². The van der Waals surface area contributed by atoms with Gasteiger partial charge in [-0.25, -0.2) is 4.79 Å². The summed E-state index contributed by atoms with van der Waals surface area (Å²) in [5, 5.41) is 6.14. The summed E-state index contributed by atoms with van der Waals surface area (Å²) in [5.74, 6) is -0.562. The van der Waals surface area contributed by atoms with Crippen LogP contribution in [0.4, 0.5) is 0 Å². The fourth-order valence-electron chi connectivity index (χ4n) is 6.17. The van der Waals surface area contributed by atoms with Gasteiger partial charge in [0.05, 0.1) is 12.2 Å². The van der Waals surface area contributed by atoms with Gasteiger partial charge in [0, 0.05) is 24.2 Å². The summed E-state index contributed by atoms with van der Waals surface area (Å²) in [6.07, 6.45) is 9.57. The number of carbonyl (C=O) groups is 3. The van der Waals surface area contributed by atoms with Crippen molar-refractivity contribution in [1.29, 1.82) is 0 Å². The van der Waals surface area contributed by atoms with E-state index in [9.17, 15) is 14.4 Å². The molecular weight excluding hydrogens is 640 g/mol. The third kappa shape index (κ3) is 15.0. The molecule has 0 aliphatic rings. The van der Waals surface area contributed by atoms with Gasteiger partial charge in [-0.3, -0.25) is 9.59 Å². The molecule has 3 rings (SSSR count). The van der Waals surface area contributed by atoms with E-state index in [1.54, 1.807) is 6.92 Å². The van der Waals surface area contributed by atoms with E-state index in [4.69, 9.17) is 27.7 Å². The number of ether oxygens (including phenoxy) is 1. The lowest BCUT2D eigenvalue weighted by atomic mass is 9.98. The van der Waals surface area contributed by atoms with Crippen LogP contribution in [0.3, 0.4) is 0 Å². The van der Waals surface area contributed by atoms with Crippen molar-refractivity contribution in [3.05, 3.63) is 105 Å². The molecule has 0 saturated heterocycles. The Kier molecular flexibility index (Phi) is 19.0. The average Bonchev–Trinajstić information content (AvgIpc) is 3.14. The van der Waals surface area contributed by atoms with E-state index in [2.05, 4.69) is 28.8 Å². The normalized spacial score (nSPS) is 11.0. The quantitative estimate of drug-likeness (QED) is 0.0594. The third-order valence-electron chi connectivity index (χ3n) is 8.73. The zero-order valence-corrected chi connectivity index (χ0v) is 30.6. The van der Waals surface area contributed by atoms with Gasteiger partial charge in [-0.15, -0.1) is 0 Å². The Morgan fingerprint density at radius 2 is 0.765 bits per heavy atom. The largest absolute Gasteiger partial charge is 0.462 e. The molecule has 278 valence electrons. The van der Waals surface area contributed by atoms with Crippen LogP contribution in [-0.2, 0) is 43.3 Å². The Hall–Kier alpha value is -4.09. The van der Waals surface area contributed by atoms with Crippen molar-refractivity contribution in [2.45, 2.75) is 84.0 Å². The highest BCUT2D eigenvalue weighted by Crippen LogP contribution is 2.18. The van der Waals surface area contributed by atoms with E-state index >= 15 is 0 Å². The Balaban J connectivity index is 1.60. The van der Waals surface area contributed by atoms with Gasteiger partial charge in [-0.1, -0.05) is 18.2 Å². The Morgan fingerprint density at radius 1 is 0.471 bits per heavy atom. The molecule has 0 spiro atoms. The van der Waals surface area contributed by atoms with Crippen LogP contribution in [0, 0.1) is 0 Å². The van der Waals surface area contributed by atoms with Crippen LogP contribution >= 0.6 is 0 Å². The molecule has 0 atom stereocenters. The molecule has 0 unspecified atom stereocenters. The summed E-state index contributed by atoms with van der Waals surface area (Å²) in [7, 11) is 0. The maximum Gasteiger partial charge on any atom is 0.338 e. The molecule has 10 nitrogen and oxygen atoms in total. The number of nitrogens with two attached hydrogens (primary N) is 4. The van der Waals surface area contributed by atoms with E-state index in [0.717, 1.165) is 84.7 Å². The molecule has 0 fully saturated rings. The molecule has 2 amide bonds. The summed E-state index contributed by atoms with van der Waals surface area (Å²) >= 11 is 0. The second-order valence-corrected chi connectivity index (χ2v) is 13.1. The van der Waals surface area contributed by atoms with Gasteiger partial charge in [-0.2, -0.15) is 0 Å². The SMILES string of the molecule is CCOC(=O)c1cc(CCCNC(=O)c2cc(CCCN)cc(CCCN)c2)cc(CCCNC(=O)c2cc(CCCN)cc(CCCN)c2)c1. The summed E-state index contributed by atoms with van der Waals surface area (Å²) in [4.78, 5) is 38.9. The molecule has 3 aromatic rings. The number of benzene rings is 3. The fraction of sp³-hybridized carbons (Fsp3) is 0.488. The van der Waals surface area contributed by atoms with Crippen LogP contribution in [0.5, 0.6) is 0 Å². The summed E-state index contributed by atoms with van der Waals surface area (Å²) < 4.78 is 5.31. The standard InChI is InChI=1S/C41H60N6O4/c1-2-51-41(50)38-28-34(13-7-19-46-39(48)36-24-30(9-3-15-42)21-31(25-36)10-4-16-43)23-35(29-38)14-8-20-47-40(49)37-26-32(11-5-17-44)22-33(27-37)12-6-18-45/h21-29H,2-20,42-45H2,1H3,(H,46,48)(H,47,49). The Bertz CT molecular complexity index is 1390. The number of carbonyl (C=O) groups excluding carboxylic acids is 3. The zero-order chi connectivity index (χ0) is 36.8. The van der Waals surface area contributed by atoms with Crippen LogP contribution in [0.1, 0.15) is 110 Å². The molecule has 3 aromatic carbocycles. The molecule has 0 aliphatic carbocycles. The topological polar surface area (TPSA) is 189 Å². The number of esters is 1. The van der Waals surface area contributed by atoms with Gasteiger partial charge in [0.15, 0.2) is 0 Å². The Morgan fingerprint density at radius 3 is 1.06 bits per heavy atom. The van der Waals surface area contributed by atoms with Gasteiger partial charge in [-0.05, 0) is 180 Å². The van der Waals surface area contributed by atoms with E-state index in [1.807, 2.05) is 36.4 Å². The number of amides is 2. The average molecular weight is 701 g/mol. The van der Waals surface area contributed by atoms with Gasteiger partial charge < -0.3 is 38.3 Å². The van der Waals surface area contributed by atoms with E-state index in [1.165, 1.54) is 0 Å². The first-order valence-electron chi connectivity index (χ1n) is 18.7. The second-order valence-electron chi connectivity index (χ2n) is 13.1. The molecule has 10 heteroatoms. The first-order chi connectivity index (χ1) is 24.8. The van der Waals surface area contributed by atoms with Gasteiger partial charge >= 0.3 is 5.97 Å². The van der Waals surface area contributed by atoms with Crippen molar-refractivity contribution in [3.8, 4) is 0 Å². The lowest BCUT2D eigenvalue weighted by Gasteiger charge is -2.12. The molecule has 0 aromatic heterocycles. The molecular formula is C41H60N6O4. The minimum atomic E-state index is -0.359. The summed E-state index contributed by atoms with van der Waals surface area (Å²) in [5.41, 5.74) is 31.2. The number of aryl methyl sites for hydroxylation is 6. The van der Waals surface area contributed by atoms with Crippen molar-refractivity contribution in [2.75, 3.05) is 45.9 Å². The third-order valence-corrected chi connectivity index (χ3v) is 8.73. The first kappa shape index (κ1) is 41.3. The molecule has 10 N–H and O–H groups in total. The van der Waals surface area contributed by atoms with Crippen molar-refractivity contribution < 1.29 is 19.1 Å². The molecule has 0 bridgehead atoms. The predicted molar refractivity (Wildman–Crippen MR) is 206 cm³/mol. The van der Waals surface area contributed by atoms with Crippen LogP contribution in [-0.4, -0.2) is 63.7 Å². The number of hydrogen-bond acceptors (Lipinski definition) is 8. The maximum absolute atomic E-state index is 13.1. The molecule has 0 heterocycles. The van der Waals surface area contributed by atoms with E-state index < -0.39 is 0 Å². The highest BCUT2D eigenvalue weighted by molar-refractivity contribution is 5.95. The van der Waals surface area contributed by atoms with Crippen molar-refractivity contribution in [2.24, 2.45) is 22.9 Å². The number of hydrogen-bond donors (Lipinski definition) is 6. The first-order valence-corrected chi connectivity index (χ1v) is 18.7. The van der Waals surface area contributed by atoms with Gasteiger partial charge in [0.2, 0.25) is 0 Å². The van der Waals surface area contributed by atoms with Crippen molar-refractivity contribution >= 4 is 17.8 Å². The molecule has 0 saturated carbocycles.